The van der Waals surface area contributed by atoms with Gasteiger partial charge in [-0.2, -0.15) is 0 Å². The Morgan fingerprint density at radius 1 is 1.40 bits per heavy atom. The number of nitrogens with zero attached hydrogens (tertiary/aromatic N) is 1. The minimum atomic E-state index is -3.06. The maximum atomic E-state index is 11.8. The second-order valence-corrected chi connectivity index (χ2v) is 8.13. The molecular formula is C13H13NO4S2. The van der Waals surface area contributed by atoms with Crippen molar-refractivity contribution < 1.29 is 17.9 Å². The zero-order valence-corrected chi connectivity index (χ0v) is 12.2. The lowest BCUT2D eigenvalue weighted by atomic mass is 10.1. The molecule has 1 aromatic carbocycles. The second kappa shape index (κ2) is 5.14. The lowest BCUT2D eigenvalue weighted by Gasteiger charge is -2.06. The number of hydrogen-bond acceptors (Lipinski definition) is 6. The molecule has 20 heavy (non-hydrogen) atoms. The number of sulfone groups is 1. The SMILES string of the molecule is O=C(OCc1nc2ccccc2s1)C1CCS(=O)(=O)C1. The first kappa shape index (κ1) is 13.5. The van der Waals surface area contributed by atoms with Crippen LogP contribution in [0.4, 0.5) is 0 Å². The average molecular weight is 311 g/mol. The van der Waals surface area contributed by atoms with Crippen molar-refractivity contribution in [2.24, 2.45) is 5.92 Å². The number of hydrogen-bond donors (Lipinski definition) is 0. The van der Waals surface area contributed by atoms with Gasteiger partial charge < -0.3 is 4.74 Å². The van der Waals surface area contributed by atoms with Gasteiger partial charge in [0.2, 0.25) is 0 Å². The molecule has 1 aliphatic heterocycles. The molecule has 1 fully saturated rings. The predicted octanol–water partition coefficient (Wildman–Crippen LogP) is 1.77. The van der Waals surface area contributed by atoms with Crippen LogP contribution in [0, 0.1) is 5.92 Å². The Labute approximate surface area is 120 Å². The summed E-state index contributed by atoms with van der Waals surface area (Å²) >= 11 is 1.48. The molecule has 1 atom stereocenters. The van der Waals surface area contributed by atoms with E-state index in [4.69, 9.17) is 4.74 Å². The number of rotatable bonds is 3. The number of carbonyl (C=O) groups is 1. The molecule has 2 aromatic rings. The summed E-state index contributed by atoms with van der Waals surface area (Å²) in [6.45, 7) is 0.106. The Kier molecular flexibility index (Phi) is 3.47. The summed E-state index contributed by atoms with van der Waals surface area (Å²) in [7, 11) is -3.06. The Morgan fingerprint density at radius 2 is 2.20 bits per heavy atom. The Bertz CT molecular complexity index is 718. The maximum Gasteiger partial charge on any atom is 0.310 e. The first-order chi connectivity index (χ1) is 9.53. The van der Waals surface area contributed by atoms with Gasteiger partial charge in [0.05, 0.1) is 27.6 Å². The second-order valence-electron chi connectivity index (χ2n) is 4.78. The standard InChI is InChI=1S/C13H13NO4S2/c15-13(9-5-6-20(16,17)8-9)18-7-12-14-10-3-1-2-4-11(10)19-12/h1-4,9H,5-8H2. The normalized spacial score (nSPS) is 21.1. The molecule has 5 nitrogen and oxygen atoms in total. The van der Waals surface area contributed by atoms with Crippen molar-refractivity contribution in [3.63, 3.8) is 0 Å². The van der Waals surface area contributed by atoms with Crippen LogP contribution in [0.15, 0.2) is 24.3 Å². The average Bonchev–Trinajstić information content (AvgIpc) is 2.98. The van der Waals surface area contributed by atoms with Crippen LogP contribution < -0.4 is 0 Å². The zero-order valence-electron chi connectivity index (χ0n) is 10.6. The van der Waals surface area contributed by atoms with Gasteiger partial charge >= 0.3 is 5.97 Å². The zero-order chi connectivity index (χ0) is 14.2. The summed E-state index contributed by atoms with van der Waals surface area (Å²) in [5.41, 5.74) is 0.881. The van der Waals surface area contributed by atoms with E-state index in [1.807, 2.05) is 24.3 Å². The number of thiazole rings is 1. The van der Waals surface area contributed by atoms with Crippen LogP contribution in [0.25, 0.3) is 10.2 Å². The summed E-state index contributed by atoms with van der Waals surface area (Å²) in [6.07, 6.45) is 0.362. The van der Waals surface area contributed by atoms with Crippen molar-refractivity contribution in [1.82, 2.24) is 4.98 Å². The summed E-state index contributed by atoms with van der Waals surface area (Å²) in [5.74, 6) is -0.973. The number of ether oxygens (including phenoxy) is 1. The van der Waals surface area contributed by atoms with Gasteiger partial charge in [0.25, 0.3) is 0 Å². The minimum Gasteiger partial charge on any atom is -0.458 e. The summed E-state index contributed by atoms with van der Waals surface area (Å²) in [4.78, 5) is 16.2. The van der Waals surface area contributed by atoms with Crippen LogP contribution in [-0.2, 0) is 26.0 Å². The molecule has 2 heterocycles. The minimum absolute atomic E-state index is 0.0773. The van der Waals surface area contributed by atoms with Crippen molar-refractivity contribution in [3.05, 3.63) is 29.3 Å². The molecule has 0 saturated carbocycles. The van der Waals surface area contributed by atoms with Crippen molar-refractivity contribution in [3.8, 4) is 0 Å². The number of esters is 1. The fraction of sp³-hybridized carbons (Fsp3) is 0.385. The lowest BCUT2D eigenvalue weighted by Crippen LogP contribution is -2.18. The lowest BCUT2D eigenvalue weighted by molar-refractivity contribution is -0.148. The fourth-order valence-electron chi connectivity index (χ4n) is 2.21. The molecule has 1 unspecified atom stereocenters. The van der Waals surface area contributed by atoms with Crippen molar-refractivity contribution in [2.45, 2.75) is 13.0 Å². The van der Waals surface area contributed by atoms with E-state index < -0.39 is 21.7 Å². The van der Waals surface area contributed by atoms with E-state index in [0.717, 1.165) is 15.2 Å². The van der Waals surface area contributed by atoms with Gasteiger partial charge in [-0.25, -0.2) is 13.4 Å². The van der Waals surface area contributed by atoms with Gasteiger partial charge in [0, 0.05) is 0 Å². The molecule has 7 heteroatoms. The van der Waals surface area contributed by atoms with Gasteiger partial charge in [0.15, 0.2) is 9.84 Å². The highest BCUT2D eigenvalue weighted by Gasteiger charge is 2.34. The van der Waals surface area contributed by atoms with Crippen LogP contribution in [0.1, 0.15) is 11.4 Å². The van der Waals surface area contributed by atoms with Gasteiger partial charge in [0.1, 0.15) is 11.6 Å². The number of para-hydroxylation sites is 1. The monoisotopic (exact) mass is 311 g/mol. The van der Waals surface area contributed by atoms with Crippen LogP contribution in [0.2, 0.25) is 0 Å². The number of carbonyl (C=O) groups excluding carboxylic acids is 1. The van der Waals surface area contributed by atoms with E-state index in [9.17, 15) is 13.2 Å². The van der Waals surface area contributed by atoms with Gasteiger partial charge in [-0.15, -0.1) is 11.3 Å². The highest BCUT2D eigenvalue weighted by molar-refractivity contribution is 7.91. The molecule has 1 aliphatic rings. The van der Waals surface area contributed by atoms with Crippen LogP contribution in [0.5, 0.6) is 0 Å². The molecule has 0 aliphatic carbocycles. The number of fused-ring (bicyclic) bond motifs is 1. The van der Waals surface area contributed by atoms with Gasteiger partial charge in [-0.1, -0.05) is 12.1 Å². The van der Waals surface area contributed by atoms with E-state index in [0.29, 0.717) is 6.42 Å². The molecule has 0 amide bonds. The largest absolute Gasteiger partial charge is 0.458 e. The molecule has 1 aromatic heterocycles. The number of aromatic nitrogens is 1. The first-order valence-corrected chi connectivity index (χ1v) is 8.89. The van der Waals surface area contributed by atoms with Gasteiger partial charge in [-0.05, 0) is 18.6 Å². The summed E-state index contributed by atoms with van der Waals surface area (Å²) in [5, 5.41) is 0.723. The molecule has 0 N–H and O–H groups in total. The quantitative estimate of drug-likeness (QED) is 0.808. The van der Waals surface area contributed by atoms with E-state index in [-0.39, 0.29) is 18.1 Å². The fourth-order valence-corrected chi connectivity index (χ4v) is 4.82. The third-order valence-electron chi connectivity index (χ3n) is 3.24. The Morgan fingerprint density at radius 3 is 2.90 bits per heavy atom. The highest BCUT2D eigenvalue weighted by Crippen LogP contribution is 2.24. The summed E-state index contributed by atoms with van der Waals surface area (Å²) in [6, 6.07) is 7.70. The molecular weight excluding hydrogens is 298 g/mol. The summed E-state index contributed by atoms with van der Waals surface area (Å²) < 4.78 is 28.9. The van der Waals surface area contributed by atoms with E-state index >= 15 is 0 Å². The van der Waals surface area contributed by atoms with Gasteiger partial charge in [-0.3, -0.25) is 4.79 Å². The number of benzene rings is 1. The topological polar surface area (TPSA) is 73.3 Å². The molecule has 106 valence electrons. The van der Waals surface area contributed by atoms with E-state index in [2.05, 4.69) is 4.98 Å². The molecule has 0 bridgehead atoms. The third kappa shape index (κ3) is 2.83. The first-order valence-electron chi connectivity index (χ1n) is 6.25. The molecule has 3 rings (SSSR count). The molecule has 1 saturated heterocycles. The third-order valence-corrected chi connectivity index (χ3v) is 6.02. The van der Waals surface area contributed by atoms with Crippen molar-refractivity contribution in [1.29, 1.82) is 0 Å². The highest BCUT2D eigenvalue weighted by atomic mass is 32.2. The van der Waals surface area contributed by atoms with Crippen LogP contribution >= 0.6 is 11.3 Å². The Hall–Kier alpha value is -1.47. The molecule has 0 radical (unpaired) electrons. The molecule has 0 spiro atoms. The van der Waals surface area contributed by atoms with Crippen molar-refractivity contribution >= 4 is 37.4 Å². The van der Waals surface area contributed by atoms with Crippen molar-refractivity contribution in [2.75, 3.05) is 11.5 Å². The van der Waals surface area contributed by atoms with E-state index in [1.54, 1.807) is 0 Å². The van der Waals surface area contributed by atoms with E-state index in [1.165, 1.54) is 11.3 Å². The smallest absolute Gasteiger partial charge is 0.310 e. The predicted molar refractivity (Wildman–Crippen MR) is 76.2 cm³/mol. The van der Waals surface area contributed by atoms with Crippen LogP contribution in [0.3, 0.4) is 0 Å². The Balaban J connectivity index is 1.63. The maximum absolute atomic E-state index is 11.8. The van der Waals surface area contributed by atoms with Crippen LogP contribution in [-0.4, -0.2) is 30.9 Å².